The Labute approximate surface area is 139 Å². The molecule has 0 aromatic carbocycles. The number of thiazole rings is 1. The van der Waals surface area contributed by atoms with Crippen LogP contribution in [0, 0.1) is 6.92 Å². The van der Waals surface area contributed by atoms with Crippen molar-refractivity contribution in [1.82, 2.24) is 14.5 Å². The van der Waals surface area contributed by atoms with Crippen LogP contribution in [0.4, 0.5) is 5.82 Å². The number of amides is 1. The molecule has 23 heavy (non-hydrogen) atoms. The van der Waals surface area contributed by atoms with Gasteiger partial charge in [0.1, 0.15) is 11.5 Å². The van der Waals surface area contributed by atoms with E-state index in [1.165, 1.54) is 0 Å². The van der Waals surface area contributed by atoms with Gasteiger partial charge in [0.2, 0.25) is 0 Å². The van der Waals surface area contributed by atoms with E-state index in [0.29, 0.717) is 11.5 Å². The van der Waals surface area contributed by atoms with Crippen LogP contribution < -0.4 is 5.32 Å². The summed E-state index contributed by atoms with van der Waals surface area (Å²) in [5, 5.41) is 3.65. The smallest absolute Gasteiger partial charge is 0.276 e. The molecule has 118 valence electrons. The number of anilines is 1. The van der Waals surface area contributed by atoms with E-state index in [1.54, 1.807) is 17.4 Å². The maximum Gasteiger partial charge on any atom is 0.276 e. The zero-order chi connectivity index (χ0) is 16.2. The molecule has 6 heteroatoms. The molecule has 0 fully saturated rings. The fourth-order valence-electron chi connectivity index (χ4n) is 2.27. The molecule has 0 aliphatic rings. The molecule has 0 aliphatic heterocycles. The fraction of sp³-hybridized carbons (Fsp3) is 0.235. The monoisotopic (exact) mass is 326 g/mol. The first kappa shape index (κ1) is 15.4. The lowest BCUT2D eigenvalue weighted by Gasteiger charge is -2.04. The zero-order valence-electron chi connectivity index (χ0n) is 13.1. The Kier molecular flexibility index (Phi) is 4.52. The summed E-state index contributed by atoms with van der Waals surface area (Å²) in [6.07, 6.45) is 5.66. The van der Waals surface area contributed by atoms with Crippen LogP contribution in [0.25, 0.3) is 5.13 Å². The quantitative estimate of drug-likeness (QED) is 0.775. The molecule has 3 rings (SSSR count). The molecule has 3 aromatic heterocycles. The van der Waals surface area contributed by atoms with Crippen molar-refractivity contribution < 1.29 is 4.79 Å². The first-order chi connectivity index (χ1) is 11.2. The van der Waals surface area contributed by atoms with Crippen molar-refractivity contribution in [2.24, 2.45) is 0 Å². The number of aromatic nitrogens is 3. The minimum absolute atomic E-state index is 0.207. The molecular formula is C17H18N4OS. The van der Waals surface area contributed by atoms with Gasteiger partial charge in [0.15, 0.2) is 5.13 Å². The lowest BCUT2D eigenvalue weighted by atomic mass is 10.2. The Morgan fingerprint density at radius 2 is 2.00 bits per heavy atom. The third kappa shape index (κ3) is 3.48. The molecule has 0 unspecified atom stereocenters. The number of carbonyl (C=O) groups excluding carboxylic acids is 1. The van der Waals surface area contributed by atoms with Crippen molar-refractivity contribution in [3.05, 3.63) is 59.0 Å². The molecular weight excluding hydrogens is 308 g/mol. The highest BCUT2D eigenvalue weighted by atomic mass is 32.1. The third-order valence-electron chi connectivity index (χ3n) is 3.33. The summed E-state index contributed by atoms with van der Waals surface area (Å²) in [7, 11) is 0. The van der Waals surface area contributed by atoms with E-state index in [-0.39, 0.29) is 5.91 Å². The van der Waals surface area contributed by atoms with Crippen LogP contribution in [-0.4, -0.2) is 20.4 Å². The first-order valence-electron chi connectivity index (χ1n) is 7.55. The van der Waals surface area contributed by atoms with Gasteiger partial charge in [0.25, 0.3) is 5.91 Å². The van der Waals surface area contributed by atoms with Crippen molar-refractivity contribution in [3.63, 3.8) is 0 Å². The minimum atomic E-state index is -0.207. The standard InChI is InChI=1S/C17H18N4OS/c1-3-7-13-15(20-17(23-13)21-10-4-5-11-21)16(22)19-14-9-6-8-12(2)18-14/h4-6,8-11H,3,7H2,1-2H3,(H,18,19,22). The number of nitrogens with one attached hydrogen (secondary N) is 1. The summed E-state index contributed by atoms with van der Waals surface area (Å²) in [5.74, 6) is 0.342. The summed E-state index contributed by atoms with van der Waals surface area (Å²) in [4.78, 5) is 22.4. The Morgan fingerprint density at radius 1 is 1.22 bits per heavy atom. The Morgan fingerprint density at radius 3 is 2.70 bits per heavy atom. The largest absolute Gasteiger partial charge is 0.305 e. The second kappa shape index (κ2) is 6.75. The first-order valence-corrected chi connectivity index (χ1v) is 8.37. The van der Waals surface area contributed by atoms with Crippen LogP contribution in [0.15, 0.2) is 42.7 Å². The molecule has 1 N–H and O–H groups in total. The number of aryl methyl sites for hydroxylation is 2. The van der Waals surface area contributed by atoms with Gasteiger partial charge in [-0.25, -0.2) is 9.97 Å². The highest BCUT2D eigenvalue weighted by Gasteiger charge is 2.18. The van der Waals surface area contributed by atoms with Crippen molar-refractivity contribution in [2.75, 3.05) is 5.32 Å². The van der Waals surface area contributed by atoms with Gasteiger partial charge in [0.05, 0.1) is 0 Å². The average Bonchev–Trinajstić information content (AvgIpc) is 3.16. The van der Waals surface area contributed by atoms with E-state index >= 15 is 0 Å². The molecule has 3 heterocycles. The summed E-state index contributed by atoms with van der Waals surface area (Å²) >= 11 is 1.55. The topological polar surface area (TPSA) is 59.8 Å². The van der Waals surface area contributed by atoms with Crippen LogP contribution in [0.5, 0.6) is 0 Å². The number of carbonyl (C=O) groups is 1. The number of nitrogens with zero attached hydrogens (tertiary/aromatic N) is 3. The van der Waals surface area contributed by atoms with Crippen molar-refractivity contribution in [3.8, 4) is 5.13 Å². The molecule has 0 atom stereocenters. The van der Waals surface area contributed by atoms with Gasteiger partial charge in [-0.05, 0) is 37.6 Å². The number of pyridine rings is 1. The van der Waals surface area contributed by atoms with E-state index in [9.17, 15) is 4.79 Å². The second-order valence-electron chi connectivity index (χ2n) is 5.23. The number of rotatable bonds is 5. The minimum Gasteiger partial charge on any atom is -0.305 e. The molecule has 0 spiro atoms. The van der Waals surface area contributed by atoms with Gasteiger partial charge < -0.3 is 9.88 Å². The van der Waals surface area contributed by atoms with Gasteiger partial charge in [-0.1, -0.05) is 19.4 Å². The molecule has 0 saturated heterocycles. The number of hydrogen-bond acceptors (Lipinski definition) is 4. The van der Waals surface area contributed by atoms with Crippen molar-refractivity contribution in [1.29, 1.82) is 0 Å². The Hall–Kier alpha value is -2.47. The second-order valence-corrected chi connectivity index (χ2v) is 6.29. The normalized spacial score (nSPS) is 10.7. The number of hydrogen-bond donors (Lipinski definition) is 1. The van der Waals surface area contributed by atoms with Gasteiger partial charge in [0, 0.05) is 23.0 Å². The van der Waals surface area contributed by atoms with E-state index in [0.717, 1.165) is 28.5 Å². The predicted molar refractivity (Wildman–Crippen MR) is 92.4 cm³/mol. The SMILES string of the molecule is CCCc1sc(-n2cccc2)nc1C(=O)Nc1cccc(C)n1. The highest BCUT2D eigenvalue weighted by molar-refractivity contribution is 7.14. The average molecular weight is 326 g/mol. The Bertz CT molecular complexity index is 808. The maximum atomic E-state index is 12.6. The maximum absolute atomic E-state index is 12.6. The van der Waals surface area contributed by atoms with Crippen LogP contribution in [0.3, 0.4) is 0 Å². The summed E-state index contributed by atoms with van der Waals surface area (Å²) in [6.45, 7) is 3.99. The van der Waals surface area contributed by atoms with Crippen molar-refractivity contribution >= 4 is 23.1 Å². The van der Waals surface area contributed by atoms with Crippen LogP contribution in [-0.2, 0) is 6.42 Å². The molecule has 1 amide bonds. The van der Waals surface area contributed by atoms with Gasteiger partial charge in [-0.2, -0.15) is 0 Å². The summed E-state index contributed by atoms with van der Waals surface area (Å²) < 4.78 is 1.92. The van der Waals surface area contributed by atoms with Crippen LogP contribution in [0.1, 0.15) is 34.4 Å². The van der Waals surface area contributed by atoms with Crippen LogP contribution in [0.2, 0.25) is 0 Å². The fourth-order valence-corrected chi connectivity index (χ4v) is 3.40. The Balaban J connectivity index is 1.89. The van der Waals surface area contributed by atoms with E-state index in [4.69, 9.17) is 0 Å². The molecule has 0 saturated carbocycles. The van der Waals surface area contributed by atoms with Gasteiger partial charge >= 0.3 is 0 Å². The van der Waals surface area contributed by atoms with E-state index in [2.05, 4.69) is 22.2 Å². The molecule has 3 aromatic rings. The van der Waals surface area contributed by atoms with Crippen LogP contribution >= 0.6 is 11.3 Å². The highest BCUT2D eigenvalue weighted by Crippen LogP contribution is 2.24. The zero-order valence-corrected chi connectivity index (χ0v) is 13.9. The third-order valence-corrected chi connectivity index (χ3v) is 4.46. The predicted octanol–water partition coefficient (Wildman–Crippen LogP) is 3.84. The molecule has 0 bridgehead atoms. The summed E-state index contributed by atoms with van der Waals surface area (Å²) in [5.41, 5.74) is 1.35. The molecule has 5 nitrogen and oxygen atoms in total. The lowest BCUT2D eigenvalue weighted by molar-refractivity contribution is 0.102. The molecule has 0 aliphatic carbocycles. The van der Waals surface area contributed by atoms with E-state index < -0.39 is 0 Å². The van der Waals surface area contributed by atoms with Crippen molar-refractivity contribution in [2.45, 2.75) is 26.7 Å². The molecule has 0 radical (unpaired) electrons. The van der Waals surface area contributed by atoms with Gasteiger partial charge in [-0.3, -0.25) is 4.79 Å². The van der Waals surface area contributed by atoms with E-state index in [1.807, 2.05) is 48.1 Å². The summed E-state index contributed by atoms with van der Waals surface area (Å²) in [6, 6.07) is 9.43. The lowest BCUT2D eigenvalue weighted by Crippen LogP contribution is -2.15. The van der Waals surface area contributed by atoms with Gasteiger partial charge in [-0.15, -0.1) is 11.3 Å².